The van der Waals surface area contributed by atoms with Crippen molar-refractivity contribution in [2.75, 3.05) is 66.0 Å². The minimum Gasteiger partial charge on any atom is -0.480 e. The molecule has 0 aromatic carbocycles. The first kappa shape index (κ1) is 22.5. The van der Waals surface area contributed by atoms with Crippen LogP contribution >= 0.6 is 0 Å². The van der Waals surface area contributed by atoms with Gasteiger partial charge in [0.05, 0.1) is 32.7 Å². The van der Waals surface area contributed by atoms with E-state index in [1.54, 1.807) is 0 Å². The summed E-state index contributed by atoms with van der Waals surface area (Å²) < 4.78 is 0.00433. The van der Waals surface area contributed by atoms with Gasteiger partial charge in [-0.2, -0.15) is 0 Å². The fourth-order valence-electron chi connectivity index (χ4n) is 2.87. The standard InChI is InChI=1S/C15H24N4O8/c1-17-11(20)9-19(10-12(17)21,4-2-16-6-13(22)23)5-3-18(7-14(24)25)8-15(26)27/h16H,2-10H2,1H3,(H2-,22,23,24,25,26,27)/p+1. The monoisotopic (exact) mass is 389 g/mol. The summed E-state index contributed by atoms with van der Waals surface area (Å²) in [5, 5.41) is 29.2. The van der Waals surface area contributed by atoms with Gasteiger partial charge in [-0.3, -0.25) is 33.8 Å². The van der Waals surface area contributed by atoms with Crippen molar-refractivity contribution in [3.8, 4) is 0 Å². The number of piperazine rings is 1. The van der Waals surface area contributed by atoms with E-state index >= 15 is 0 Å². The van der Waals surface area contributed by atoms with Gasteiger partial charge in [0.25, 0.3) is 11.8 Å². The highest BCUT2D eigenvalue weighted by atomic mass is 16.4. The quantitative estimate of drug-likeness (QED) is 0.153. The maximum Gasteiger partial charge on any atom is 0.317 e. The summed E-state index contributed by atoms with van der Waals surface area (Å²) in [6.07, 6.45) is 0. The molecule has 12 nitrogen and oxygen atoms in total. The number of aliphatic carboxylic acids is 3. The number of carboxylic acids is 3. The van der Waals surface area contributed by atoms with Gasteiger partial charge in [0.15, 0.2) is 13.1 Å². The van der Waals surface area contributed by atoms with Gasteiger partial charge in [-0.1, -0.05) is 0 Å². The molecule has 1 aliphatic heterocycles. The summed E-state index contributed by atoms with van der Waals surface area (Å²) in [4.78, 5) is 58.9. The van der Waals surface area contributed by atoms with Gasteiger partial charge in [0.1, 0.15) is 0 Å². The topological polar surface area (TPSA) is 165 Å². The molecule has 1 heterocycles. The van der Waals surface area contributed by atoms with Crippen molar-refractivity contribution in [3.05, 3.63) is 0 Å². The van der Waals surface area contributed by atoms with Gasteiger partial charge in [-0.25, -0.2) is 0 Å². The molecule has 0 spiro atoms. The molecule has 0 unspecified atom stereocenters. The summed E-state index contributed by atoms with van der Waals surface area (Å²) in [6, 6.07) is 0. The molecule has 27 heavy (non-hydrogen) atoms. The molecule has 1 aliphatic rings. The number of hydrogen-bond acceptors (Lipinski definition) is 7. The molecule has 0 aromatic rings. The number of hydrogen-bond donors (Lipinski definition) is 4. The fourth-order valence-corrected chi connectivity index (χ4v) is 2.87. The number of carbonyl (C=O) groups is 5. The number of imide groups is 1. The van der Waals surface area contributed by atoms with Crippen molar-refractivity contribution in [2.45, 2.75) is 0 Å². The molecule has 1 fully saturated rings. The number of nitrogens with zero attached hydrogens (tertiary/aromatic N) is 3. The molecule has 0 aliphatic carbocycles. The van der Waals surface area contributed by atoms with Gasteiger partial charge in [-0.15, -0.1) is 0 Å². The van der Waals surface area contributed by atoms with Gasteiger partial charge in [0.2, 0.25) is 0 Å². The summed E-state index contributed by atoms with van der Waals surface area (Å²) in [5.74, 6) is -4.20. The highest BCUT2D eigenvalue weighted by molar-refractivity contribution is 5.97. The third-order valence-corrected chi connectivity index (χ3v) is 4.34. The third-order valence-electron chi connectivity index (χ3n) is 4.34. The lowest BCUT2D eigenvalue weighted by atomic mass is 10.2. The van der Waals surface area contributed by atoms with E-state index in [2.05, 4.69) is 5.32 Å². The maximum absolute atomic E-state index is 12.1. The van der Waals surface area contributed by atoms with E-state index in [-0.39, 0.29) is 50.3 Å². The number of carboxylic acid groups (broad SMARTS) is 3. The van der Waals surface area contributed by atoms with Crippen LogP contribution in [0.15, 0.2) is 0 Å². The average molecular weight is 389 g/mol. The molecular weight excluding hydrogens is 364 g/mol. The Kier molecular flexibility index (Phi) is 8.28. The average Bonchev–Trinajstić information content (AvgIpc) is 2.53. The van der Waals surface area contributed by atoms with Crippen molar-refractivity contribution in [2.24, 2.45) is 0 Å². The lowest BCUT2D eigenvalue weighted by Gasteiger charge is -2.43. The number of amides is 2. The Morgan fingerprint density at radius 2 is 1.52 bits per heavy atom. The Labute approximate surface area is 155 Å². The molecule has 0 aromatic heterocycles. The zero-order valence-corrected chi connectivity index (χ0v) is 15.1. The first-order valence-electron chi connectivity index (χ1n) is 8.27. The summed E-state index contributed by atoms with van der Waals surface area (Å²) in [7, 11) is 1.38. The largest absolute Gasteiger partial charge is 0.480 e. The van der Waals surface area contributed by atoms with Crippen molar-refractivity contribution < 1.29 is 43.8 Å². The zero-order chi connectivity index (χ0) is 20.6. The smallest absolute Gasteiger partial charge is 0.317 e. The van der Waals surface area contributed by atoms with Crippen molar-refractivity contribution in [1.29, 1.82) is 0 Å². The van der Waals surface area contributed by atoms with E-state index in [1.165, 1.54) is 11.9 Å². The minimum atomic E-state index is -1.18. The Hall–Kier alpha value is -2.57. The van der Waals surface area contributed by atoms with E-state index < -0.39 is 42.8 Å². The molecule has 12 heteroatoms. The van der Waals surface area contributed by atoms with Crippen LogP contribution in [0.4, 0.5) is 0 Å². The molecule has 1 rings (SSSR count). The molecular formula is C15H25N4O8+. The van der Waals surface area contributed by atoms with Crippen molar-refractivity contribution in [3.63, 3.8) is 0 Å². The summed E-state index contributed by atoms with van der Waals surface area (Å²) in [6.45, 7) is -0.512. The lowest BCUT2D eigenvalue weighted by Crippen LogP contribution is -2.66. The molecule has 0 saturated carbocycles. The van der Waals surface area contributed by atoms with Crippen LogP contribution in [-0.2, 0) is 24.0 Å². The SMILES string of the molecule is CN1C(=O)C[N+](CCNCC(=O)O)(CCN(CC(=O)O)CC(=O)O)CC1=O. The molecule has 0 radical (unpaired) electrons. The van der Waals surface area contributed by atoms with Gasteiger partial charge >= 0.3 is 17.9 Å². The van der Waals surface area contributed by atoms with E-state index in [1.807, 2.05) is 0 Å². The van der Waals surface area contributed by atoms with Crippen LogP contribution in [0, 0.1) is 0 Å². The lowest BCUT2D eigenvalue weighted by molar-refractivity contribution is -0.914. The van der Waals surface area contributed by atoms with E-state index in [0.717, 1.165) is 4.90 Å². The maximum atomic E-state index is 12.1. The van der Waals surface area contributed by atoms with Crippen molar-refractivity contribution >= 4 is 29.7 Å². The second-order valence-electron chi connectivity index (χ2n) is 6.52. The number of nitrogens with one attached hydrogen (secondary N) is 1. The highest BCUT2D eigenvalue weighted by Gasteiger charge is 2.41. The molecule has 152 valence electrons. The number of rotatable bonds is 12. The molecule has 1 saturated heterocycles. The van der Waals surface area contributed by atoms with Gasteiger partial charge in [-0.05, 0) is 0 Å². The van der Waals surface area contributed by atoms with Crippen molar-refractivity contribution in [1.82, 2.24) is 15.1 Å². The van der Waals surface area contributed by atoms with Crippen LogP contribution in [0.25, 0.3) is 0 Å². The van der Waals surface area contributed by atoms with Crippen LogP contribution in [0.1, 0.15) is 0 Å². The third kappa shape index (κ3) is 7.68. The highest BCUT2D eigenvalue weighted by Crippen LogP contribution is 2.14. The number of likely N-dealkylation sites (N-methyl/N-ethyl adjacent to an activating group) is 1. The van der Waals surface area contributed by atoms with Crippen LogP contribution in [0.5, 0.6) is 0 Å². The number of carbonyl (C=O) groups excluding carboxylic acids is 2. The first-order chi connectivity index (χ1) is 12.5. The van der Waals surface area contributed by atoms with E-state index in [9.17, 15) is 24.0 Å². The van der Waals surface area contributed by atoms with Gasteiger partial charge < -0.3 is 25.1 Å². The Bertz CT molecular complexity index is 575. The molecule has 4 N–H and O–H groups in total. The molecule has 0 bridgehead atoms. The normalized spacial score (nSPS) is 16.6. The predicted molar refractivity (Wildman–Crippen MR) is 89.7 cm³/mol. The van der Waals surface area contributed by atoms with E-state index in [0.29, 0.717) is 0 Å². The summed E-state index contributed by atoms with van der Waals surface area (Å²) >= 11 is 0. The van der Waals surface area contributed by atoms with Gasteiger partial charge in [0, 0.05) is 20.1 Å². The van der Waals surface area contributed by atoms with E-state index in [4.69, 9.17) is 15.3 Å². The van der Waals surface area contributed by atoms with Crippen LogP contribution in [0.3, 0.4) is 0 Å². The Morgan fingerprint density at radius 1 is 1.00 bits per heavy atom. The second-order valence-corrected chi connectivity index (χ2v) is 6.52. The zero-order valence-electron chi connectivity index (χ0n) is 15.1. The fraction of sp³-hybridized carbons (Fsp3) is 0.667. The summed E-state index contributed by atoms with van der Waals surface area (Å²) in [5.41, 5.74) is 0. The van der Waals surface area contributed by atoms with Crippen LogP contribution in [-0.4, -0.2) is 125 Å². The minimum absolute atomic E-state index is 0.00433. The molecule has 2 amide bonds. The molecule has 0 atom stereocenters. The number of quaternary nitrogens is 1. The van der Waals surface area contributed by atoms with Crippen LogP contribution in [0.2, 0.25) is 0 Å². The first-order valence-corrected chi connectivity index (χ1v) is 8.27. The predicted octanol–water partition coefficient (Wildman–Crippen LogP) is -3.05. The second kappa shape index (κ2) is 9.94. The Morgan fingerprint density at radius 3 is 1.96 bits per heavy atom. The van der Waals surface area contributed by atoms with Crippen LogP contribution < -0.4 is 5.32 Å². The Balaban J connectivity index is 2.84.